The number of ether oxygens (including phenoxy) is 1. The second-order valence-electron chi connectivity index (χ2n) is 2.97. The van der Waals surface area contributed by atoms with Gasteiger partial charge in [-0.2, -0.15) is 0 Å². The minimum atomic E-state index is -0.636. The molecule has 0 bridgehead atoms. The molecule has 0 aliphatic carbocycles. The maximum absolute atomic E-state index is 10.8. The molecule has 1 aromatic rings. The molecule has 0 fully saturated rings. The number of para-hydroxylation sites is 1. The molecule has 0 saturated heterocycles. The van der Waals surface area contributed by atoms with Gasteiger partial charge in [0.2, 0.25) is 0 Å². The highest BCUT2D eigenvalue weighted by molar-refractivity contribution is 5.78. The predicted molar refractivity (Wildman–Crippen MR) is 53.6 cm³/mol. The first kappa shape index (κ1) is 10.5. The van der Waals surface area contributed by atoms with E-state index in [4.69, 9.17) is 16.2 Å². The summed E-state index contributed by atoms with van der Waals surface area (Å²) in [7, 11) is 0. The van der Waals surface area contributed by atoms with E-state index >= 15 is 0 Å². The van der Waals surface area contributed by atoms with E-state index in [1.54, 1.807) is 13.0 Å². The molecule has 4 N–H and O–H groups in total. The SMILES string of the molecule is CC(Oc1ccccc1CN)C(N)=O. The number of amides is 1. The van der Waals surface area contributed by atoms with E-state index in [-0.39, 0.29) is 0 Å². The predicted octanol–water partition coefficient (Wildman–Crippen LogP) is 0.398. The van der Waals surface area contributed by atoms with Crippen molar-refractivity contribution >= 4 is 5.91 Å². The smallest absolute Gasteiger partial charge is 0.258 e. The maximum atomic E-state index is 10.8. The van der Waals surface area contributed by atoms with E-state index in [2.05, 4.69) is 0 Å². The fourth-order valence-corrected chi connectivity index (χ4v) is 1.04. The molecule has 0 spiro atoms. The van der Waals surface area contributed by atoms with Crippen LogP contribution in [0.2, 0.25) is 0 Å². The van der Waals surface area contributed by atoms with Gasteiger partial charge in [0.25, 0.3) is 5.91 Å². The van der Waals surface area contributed by atoms with Gasteiger partial charge < -0.3 is 16.2 Å². The largest absolute Gasteiger partial charge is 0.481 e. The van der Waals surface area contributed by atoms with Crippen LogP contribution in [0.15, 0.2) is 24.3 Å². The Labute approximate surface area is 82.8 Å². The lowest BCUT2D eigenvalue weighted by Crippen LogP contribution is -2.31. The average Bonchev–Trinajstić information content (AvgIpc) is 2.18. The zero-order chi connectivity index (χ0) is 10.6. The van der Waals surface area contributed by atoms with Crippen LogP contribution in [0.4, 0.5) is 0 Å². The minimum Gasteiger partial charge on any atom is -0.481 e. The summed E-state index contributed by atoms with van der Waals surface area (Å²) in [6.07, 6.45) is -0.636. The van der Waals surface area contributed by atoms with Gasteiger partial charge in [0.05, 0.1) is 0 Å². The van der Waals surface area contributed by atoms with E-state index in [0.29, 0.717) is 12.3 Å². The van der Waals surface area contributed by atoms with Crippen LogP contribution >= 0.6 is 0 Å². The Bertz CT molecular complexity index is 326. The molecule has 4 heteroatoms. The quantitative estimate of drug-likeness (QED) is 0.728. The molecule has 1 rings (SSSR count). The van der Waals surface area contributed by atoms with Crippen molar-refractivity contribution in [1.29, 1.82) is 0 Å². The van der Waals surface area contributed by atoms with Crippen LogP contribution in [0.1, 0.15) is 12.5 Å². The molecule has 0 aromatic heterocycles. The number of benzene rings is 1. The molecule has 1 aromatic carbocycles. The summed E-state index contributed by atoms with van der Waals surface area (Å²) in [5.41, 5.74) is 11.4. The third-order valence-corrected chi connectivity index (χ3v) is 1.90. The minimum absolute atomic E-state index is 0.377. The lowest BCUT2D eigenvalue weighted by molar-refractivity contribution is -0.124. The highest BCUT2D eigenvalue weighted by Gasteiger charge is 2.11. The Balaban J connectivity index is 2.80. The number of nitrogens with two attached hydrogens (primary N) is 2. The molecule has 4 nitrogen and oxygen atoms in total. The van der Waals surface area contributed by atoms with E-state index < -0.39 is 12.0 Å². The zero-order valence-corrected chi connectivity index (χ0v) is 8.07. The van der Waals surface area contributed by atoms with Gasteiger partial charge >= 0.3 is 0 Å². The van der Waals surface area contributed by atoms with E-state index in [1.165, 1.54) is 0 Å². The molecule has 0 saturated carbocycles. The van der Waals surface area contributed by atoms with Crippen LogP contribution in [0.3, 0.4) is 0 Å². The maximum Gasteiger partial charge on any atom is 0.258 e. The highest BCUT2D eigenvalue weighted by Crippen LogP contribution is 2.18. The third kappa shape index (κ3) is 2.47. The normalized spacial score (nSPS) is 12.1. The van der Waals surface area contributed by atoms with Gasteiger partial charge in [0, 0.05) is 12.1 Å². The summed E-state index contributed by atoms with van der Waals surface area (Å²) in [5.74, 6) is 0.123. The number of primary amides is 1. The van der Waals surface area contributed by atoms with Gasteiger partial charge in [-0.05, 0) is 13.0 Å². The number of carbonyl (C=O) groups is 1. The van der Waals surface area contributed by atoms with E-state index in [1.807, 2.05) is 18.2 Å². The molecular weight excluding hydrogens is 180 g/mol. The molecule has 1 amide bonds. The lowest BCUT2D eigenvalue weighted by atomic mass is 10.2. The van der Waals surface area contributed by atoms with Crippen molar-refractivity contribution in [2.75, 3.05) is 0 Å². The monoisotopic (exact) mass is 194 g/mol. The summed E-state index contributed by atoms with van der Waals surface area (Å²) in [6, 6.07) is 7.30. The van der Waals surface area contributed by atoms with Crippen LogP contribution in [0, 0.1) is 0 Å². The second kappa shape index (κ2) is 4.62. The van der Waals surface area contributed by atoms with Crippen LogP contribution in [-0.2, 0) is 11.3 Å². The standard InChI is InChI=1S/C10H14N2O2/c1-7(10(12)13)14-9-5-3-2-4-8(9)6-11/h2-5,7H,6,11H2,1H3,(H2,12,13). The molecule has 0 heterocycles. The van der Waals surface area contributed by atoms with Gasteiger partial charge in [0.15, 0.2) is 6.10 Å². The fraction of sp³-hybridized carbons (Fsp3) is 0.300. The molecule has 76 valence electrons. The van der Waals surface area contributed by atoms with Gasteiger partial charge in [-0.1, -0.05) is 18.2 Å². The van der Waals surface area contributed by atoms with Crippen LogP contribution in [-0.4, -0.2) is 12.0 Å². The van der Waals surface area contributed by atoms with Crippen LogP contribution in [0.25, 0.3) is 0 Å². The van der Waals surface area contributed by atoms with E-state index in [0.717, 1.165) is 5.56 Å². The molecular formula is C10H14N2O2. The summed E-state index contributed by atoms with van der Waals surface area (Å²) < 4.78 is 5.34. The molecule has 14 heavy (non-hydrogen) atoms. The molecule has 1 atom stereocenters. The van der Waals surface area contributed by atoms with E-state index in [9.17, 15) is 4.79 Å². The highest BCUT2D eigenvalue weighted by atomic mass is 16.5. The first-order chi connectivity index (χ1) is 6.65. The van der Waals surface area contributed by atoms with Crippen molar-refractivity contribution in [1.82, 2.24) is 0 Å². The fourth-order valence-electron chi connectivity index (χ4n) is 1.04. The molecule has 1 unspecified atom stereocenters. The topological polar surface area (TPSA) is 78.3 Å². The summed E-state index contributed by atoms with van der Waals surface area (Å²) in [5, 5.41) is 0. The number of hydrogen-bond acceptors (Lipinski definition) is 3. The van der Waals surface area contributed by atoms with Crippen molar-refractivity contribution in [2.45, 2.75) is 19.6 Å². The molecule has 0 radical (unpaired) electrons. The zero-order valence-electron chi connectivity index (χ0n) is 8.07. The van der Waals surface area contributed by atoms with Crippen LogP contribution in [0.5, 0.6) is 5.75 Å². The Kier molecular flexibility index (Phi) is 3.48. The number of hydrogen-bond donors (Lipinski definition) is 2. The van der Waals surface area contributed by atoms with Crippen LogP contribution < -0.4 is 16.2 Å². The van der Waals surface area contributed by atoms with Crippen molar-refractivity contribution < 1.29 is 9.53 Å². The second-order valence-corrected chi connectivity index (χ2v) is 2.97. The van der Waals surface area contributed by atoms with Gasteiger partial charge in [0.1, 0.15) is 5.75 Å². The summed E-state index contributed by atoms with van der Waals surface area (Å²) >= 11 is 0. The number of carbonyl (C=O) groups excluding carboxylic acids is 1. The molecule has 0 aliphatic rings. The Morgan fingerprint density at radius 3 is 2.71 bits per heavy atom. The Morgan fingerprint density at radius 2 is 2.14 bits per heavy atom. The summed E-state index contributed by atoms with van der Waals surface area (Å²) in [6.45, 7) is 1.98. The van der Waals surface area contributed by atoms with Gasteiger partial charge in [-0.25, -0.2) is 0 Å². The van der Waals surface area contributed by atoms with Gasteiger partial charge in [-0.3, -0.25) is 4.79 Å². The lowest BCUT2D eigenvalue weighted by Gasteiger charge is -2.13. The molecule has 0 aliphatic heterocycles. The van der Waals surface area contributed by atoms with Crippen molar-refractivity contribution in [3.63, 3.8) is 0 Å². The first-order valence-corrected chi connectivity index (χ1v) is 4.39. The van der Waals surface area contributed by atoms with Crippen molar-refractivity contribution in [2.24, 2.45) is 11.5 Å². The van der Waals surface area contributed by atoms with Gasteiger partial charge in [-0.15, -0.1) is 0 Å². The van der Waals surface area contributed by atoms with Crippen molar-refractivity contribution in [3.8, 4) is 5.75 Å². The summed E-state index contributed by atoms with van der Waals surface area (Å²) in [4.78, 5) is 10.8. The Hall–Kier alpha value is -1.55. The average molecular weight is 194 g/mol. The van der Waals surface area contributed by atoms with Crippen molar-refractivity contribution in [3.05, 3.63) is 29.8 Å². The third-order valence-electron chi connectivity index (χ3n) is 1.90. The first-order valence-electron chi connectivity index (χ1n) is 4.39. The Morgan fingerprint density at radius 1 is 1.50 bits per heavy atom. The number of rotatable bonds is 4.